The second kappa shape index (κ2) is 8.14. The predicted octanol–water partition coefficient (Wildman–Crippen LogP) is 1.95. The van der Waals surface area contributed by atoms with Gasteiger partial charge >= 0.3 is 0 Å². The van der Waals surface area contributed by atoms with E-state index < -0.39 is 0 Å². The Balaban J connectivity index is 1.67. The van der Waals surface area contributed by atoms with Gasteiger partial charge in [-0.3, -0.25) is 9.69 Å². The smallest absolute Gasteiger partial charge is 0.234 e. The Morgan fingerprint density at radius 2 is 1.71 bits per heavy atom. The van der Waals surface area contributed by atoms with E-state index in [9.17, 15) is 4.79 Å². The number of piperazine rings is 1. The SMILES string of the molecule is CC(C)CN1CCN(CC(=O)NC2CCCCC2C)CC1. The number of hydrogen-bond donors (Lipinski definition) is 1. The Hall–Kier alpha value is -0.610. The minimum absolute atomic E-state index is 0.228. The zero-order chi connectivity index (χ0) is 15.2. The van der Waals surface area contributed by atoms with E-state index in [0.717, 1.165) is 38.5 Å². The largest absolute Gasteiger partial charge is 0.352 e. The summed E-state index contributed by atoms with van der Waals surface area (Å²) in [6, 6.07) is 0.411. The van der Waals surface area contributed by atoms with Crippen molar-refractivity contribution in [3.8, 4) is 0 Å². The third-order valence-corrected chi connectivity index (χ3v) is 4.91. The summed E-state index contributed by atoms with van der Waals surface area (Å²) in [5.74, 6) is 1.60. The van der Waals surface area contributed by atoms with Crippen LogP contribution in [0.15, 0.2) is 0 Å². The summed E-state index contributed by atoms with van der Waals surface area (Å²) >= 11 is 0. The van der Waals surface area contributed by atoms with Gasteiger partial charge in [0, 0.05) is 38.8 Å². The molecule has 2 atom stereocenters. The molecule has 1 amide bonds. The highest BCUT2D eigenvalue weighted by Gasteiger charge is 2.24. The first kappa shape index (κ1) is 16.8. The summed E-state index contributed by atoms with van der Waals surface area (Å²) in [5.41, 5.74) is 0. The van der Waals surface area contributed by atoms with Gasteiger partial charge in [-0.05, 0) is 24.7 Å². The van der Waals surface area contributed by atoms with E-state index in [-0.39, 0.29) is 5.91 Å². The van der Waals surface area contributed by atoms with E-state index in [4.69, 9.17) is 0 Å². The molecule has 0 radical (unpaired) electrons. The molecular weight excluding hydrogens is 262 g/mol. The fourth-order valence-corrected chi connectivity index (χ4v) is 3.63. The lowest BCUT2D eigenvalue weighted by molar-refractivity contribution is -0.124. The number of nitrogens with one attached hydrogen (secondary N) is 1. The van der Waals surface area contributed by atoms with Gasteiger partial charge in [0.1, 0.15) is 0 Å². The monoisotopic (exact) mass is 295 g/mol. The summed E-state index contributed by atoms with van der Waals surface area (Å²) in [4.78, 5) is 17.0. The summed E-state index contributed by atoms with van der Waals surface area (Å²) in [6.07, 6.45) is 5.02. The molecule has 1 aliphatic carbocycles. The molecular formula is C17H33N3O. The highest BCUT2D eigenvalue weighted by Crippen LogP contribution is 2.23. The molecule has 2 unspecified atom stereocenters. The molecule has 0 bridgehead atoms. The van der Waals surface area contributed by atoms with Crippen LogP contribution in [0.2, 0.25) is 0 Å². The minimum atomic E-state index is 0.228. The van der Waals surface area contributed by atoms with Crippen molar-refractivity contribution in [2.75, 3.05) is 39.3 Å². The van der Waals surface area contributed by atoms with Crippen molar-refractivity contribution in [3.05, 3.63) is 0 Å². The molecule has 4 nitrogen and oxygen atoms in total. The van der Waals surface area contributed by atoms with Gasteiger partial charge in [0.2, 0.25) is 5.91 Å². The van der Waals surface area contributed by atoms with Gasteiger partial charge in [-0.15, -0.1) is 0 Å². The van der Waals surface area contributed by atoms with Crippen molar-refractivity contribution in [2.45, 2.75) is 52.5 Å². The van der Waals surface area contributed by atoms with Gasteiger partial charge in [0.05, 0.1) is 6.54 Å². The second-order valence-corrected chi connectivity index (χ2v) is 7.41. The number of carbonyl (C=O) groups is 1. The van der Waals surface area contributed by atoms with Crippen molar-refractivity contribution in [2.24, 2.45) is 11.8 Å². The quantitative estimate of drug-likeness (QED) is 0.842. The molecule has 2 aliphatic rings. The van der Waals surface area contributed by atoms with E-state index >= 15 is 0 Å². The molecule has 122 valence electrons. The van der Waals surface area contributed by atoms with Crippen LogP contribution in [-0.4, -0.2) is 61.0 Å². The molecule has 21 heavy (non-hydrogen) atoms. The fraction of sp³-hybridized carbons (Fsp3) is 0.941. The molecule has 0 spiro atoms. The van der Waals surface area contributed by atoms with E-state index in [1.54, 1.807) is 0 Å². The lowest BCUT2D eigenvalue weighted by Crippen LogP contribution is -2.51. The summed E-state index contributed by atoms with van der Waals surface area (Å²) < 4.78 is 0. The van der Waals surface area contributed by atoms with E-state index in [0.29, 0.717) is 18.5 Å². The zero-order valence-electron chi connectivity index (χ0n) is 14.1. The molecule has 1 N–H and O–H groups in total. The van der Waals surface area contributed by atoms with E-state index in [1.165, 1.54) is 25.8 Å². The number of hydrogen-bond acceptors (Lipinski definition) is 3. The first-order valence-electron chi connectivity index (χ1n) is 8.78. The van der Waals surface area contributed by atoms with Crippen LogP contribution in [-0.2, 0) is 4.79 Å². The van der Waals surface area contributed by atoms with Crippen LogP contribution in [0.25, 0.3) is 0 Å². The second-order valence-electron chi connectivity index (χ2n) is 7.41. The lowest BCUT2D eigenvalue weighted by Gasteiger charge is -2.36. The molecule has 0 aromatic rings. The van der Waals surface area contributed by atoms with Gasteiger partial charge in [-0.25, -0.2) is 0 Å². The average Bonchev–Trinajstić information content (AvgIpc) is 2.43. The third kappa shape index (κ3) is 5.59. The fourth-order valence-electron chi connectivity index (χ4n) is 3.63. The van der Waals surface area contributed by atoms with Crippen molar-refractivity contribution in [1.82, 2.24) is 15.1 Å². The van der Waals surface area contributed by atoms with Crippen molar-refractivity contribution in [1.29, 1.82) is 0 Å². The highest BCUT2D eigenvalue weighted by atomic mass is 16.2. The van der Waals surface area contributed by atoms with Crippen LogP contribution in [0, 0.1) is 11.8 Å². The van der Waals surface area contributed by atoms with E-state index in [1.807, 2.05) is 0 Å². The highest BCUT2D eigenvalue weighted by molar-refractivity contribution is 5.78. The van der Waals surface area contributed by atoms with Crippen molar-refractivity contribution < 1.29 is 4.79 Å². The molecule has 0 aromatic carbocycles. The first-order valence-corrected chi connectivity index (χ1v) is 8.78. The van der Waals surface area contributed by atoms with E-state index in [2.05, 4.69) is 35.9 Å². The summed E-state index contributed by atoms with van der Waals surface area (Å²) in [5, 5.41) is 3.27. The Morgan fingerprint density at radius 3 is 2.33 bits per heavy atom. The maximum atomic E-state index is 12.2. The predicted molar refractivity (Wildman–Crippen MR) is 87.3 cm³/mol. The number of amides is 1. The maximum Gasteiger partial charge on any atom is 0.234 e. The Kier molecular flexibility index (Phi) is 6.49. The van der Waals surface area contributed by atoms with Gasteiger partial charge in [-0.2, -0.15) is 0 Å². The molecule has 1 aliphatic heterocycles. The van der Waals surface area contributed by atoms with Crippen molar-refractivity contribution >= 4 is 5.91 Å². The molecule has 2 fully saturated rings. The maximum absolute atomic E-state index is 12.2. The van der Waals surface area contributed by atoms with Gasteiger partial charge in [0.15, 0.2) is 0 Å². The molecule has 1 saturated heterocycles. The van der Waals surface area contributed by atoms with Crippen LogP contribution in [0.3, 0.4) is 0 Å². The topological polar surface area (TPSA) is 35.6 Å². The van der Waals surface area contributed by atoms with Crippen LogP contribution < -0.4 is 5.32 Å². The van der Waals surface area contributed by atoms with Crippen LogP contribution in [0.1, 0.15) is 46.5 Å². The average molecular weight is 295 g/mol. The zero-order valence-corrected chi connectivity index (χ0v) is 14.1. The van der Waals surface area contributed by atoms with Crippen LogP contribution >= 0.6 is 0 Å². The number of nitrogens with zero attached hydrogens (tertiary/aromatic N) is 2. The Labute approximate surface area is 130 Å². The summed E-state index contributed by atoms with van der Waals surface area (Å²) in [6.45, 7) is 12.8. The molecule has 0 aromatic heterocycles. The Morgan fingerprint density at radius 1 is 1.10 bits per heavy atom. The first-order chi connectivity index (χ1) is 10.0. The Bertz CT molecular complexity index is 324. The van der Waals surface area contributed by atoms with Gasteiger partial charge in [0.25, 0.3) is 0 Å². The standard InChI is InChI=1S/C17H33N3O/c1-14(2)12-19-8-10-20(11-9-19)13-17(21)18-16-7-5-4-6-15(16)3/h14-16H,4-13H2,1-3H3,(H,18,21). The number of carbonyl (C=O) groups excluding carboxylic acids is 1. The molecule has 1 saturated carbocycles. The lowest BCUT2D eigenvalue weighted by atomic mass is 9.86. The van der Waals surface area contributed by atoms with Gasteiger partial charge < -0.3 is 10.2 Å². The normalized spacial score (nSPS) is 28.8. The van der Waals surface area contributed by atoms with Gasteiger partial charge in [-0.1, -0.05) is 33.6 Å². The van der Waals surface area contributed by atoms with Crippen LogP contribution in [0.5, 0.6) is 0 Å². The third-order valence-electron chi connectivity index (χ3n) is 4.91. The van der Waals surface area contributed by atoms with Crippen molar-refractivity contribution in [3.63, 3.8) is 0 Å². The molecule has 4 heteroatoms. The minimum Gasteiger partial charge on any atom is -0.352 e. The molecule has 1 heterocycles. The number of rotatable bonds is 5. The van der Waals surface area contributed by atoms with Crippen LogP contribution in [0.4, 0.5) is 0 Å². The summed E-state index contributed by atoms with van der Waals surface area (Å²) in [7, 11) is 0. The molecule has 2 rings (SSSR count).